The van der Waals surface area contributed by atoms with Gasteiger partial charge in [-0.3, -0.25) is 14.4 Å². The van der Waals surface area contributed by atoms with E-state index in [1.54, 1.807) is 0 Å². The fourth-order valence-corrected chi connectivity index (χ4v) is 4.66. The minimum atomic E-state index is -1.03. The molecule has 0 aromatic carbocycles. The summed E-state index contributed by atoms with van der Waals surface area (Å²) in [6, 6.07) is 0. The maximum absolute atomic E-state index is 12.4. The third-order valence-corrected chi connectivity index (χ3v) is 7.20. The van der Waals surface area contributed by atoms with Crippen molar-refractivity contribution >= 4 is 17.8 Å². The van der Waals surface area contributed by atoms with Crippen molar-refractivity contribution in [1.29, 1.82) is 0 Å². The number of unbranched alkanes of at least 4 members (excludes halogenated alkanes) is 9. The molecule has 0 heterocycles. The molecule has 44 heavy (non-hydrogen) atoms. The first kappa shape index (κ1) is 41.1. The first-order valence-corrected chi connectivity index (χ1v) is 17.4. The number of rotatable bonds is 30. The lowest BCUT2D eigenvalue weighted by Crippen LogP contribution is -2.28. The summed E-state index contributed by atoms with van der Waals surface area (Å²) in [5.74, 6) is -1.35. The highest BCUT2D eigenvalue weighted by Gasteiger charge is 2.14. The second kappa shape index (κ2) is 33.0. The number of nitrogens with one attached hydrogen (secondary N) is 1. The van der Waals surface area contributed by atoms with Crippen LogP contribution >= 0.6 is 0 Å². The van der Waals surface area contributed by atoms with Crippen molar-refractivity contribution in [3.05, 3.63) is 60.8 Å². The van der Waals surface area contributed by atoms with Crippen molar-refractivity contribution in [1.82, 2.24) is 5.32 Å². The molecule has 6 nitrogen and oxygen atoms in total. The first-order valence-electron chi connectivity index (χ1n) is 17.4. The Labute approximate surface area is 269 Å². The summed E-state index contributed by atoms with van der Waals surface area (Å²) in [6.07, 6.45) is 42.3. The molecule has 0 rings (SSSR count). The highest BCUT2D eigenvalue weighted by atomic mass is 16.5. The number of carboxylic acids is 1. The monoisotopic (exact) mass is 613 g/mol. The molecule has 1 atom stereocenters. The number of hydrogen-bond donors (Lipinski definition) is 2. The second-order valence-corrected chi connectivity index (χ2v) is 11.4. The Hall–Kier alpha value is -2.89. The summed E-state index contributed by atoms with van der Waals surface area (Å²) in [5, 5.41) is 11.0. The Morgan fingerprint density at radius 1 is 0.614 bits per heavy atom. The maximum Gasteiger partial charge on any atom is 0.322 e. The number of esters is 1. The van der Waals surface area contributed by atoms with Gasteiger partial charge in [-0.05, 0) is 83.5 Å². The Morgan fingerprint density at radius 3 is 1.70 bits per heavy atom. The van der Waals surface area contributed by atoms with Crippen molar-refractivity contribution in [2.45, 2.75) is 155 Å². The number of hydrogen-bond acceptors (Lipinski definition) is 4. The molecule has 0 spiro atoms. The average Bonchev–Trinajstić information content (AvgIpc) is 3.00. The summed E-state index contributed by atoms with van der Waals surface area (Å²) in [5.41, 5.74) is 0. The molecule has 250 valence electrons. The molecule has 0 saturated carbocycles. The predicted molar refractivity (Wildman–Crippen MR) is 185 cm³/mol. The average molecular weight is 614 g/mol. The van der Waals surface area contributed by atoms with Crippen LogP contribution in [0.5, 0.6) is 0 Å². The Bertz CT molecular complexity index is 855. The van der Waals surface area contributed by atoms with Gasteiger partial charge in [0, 0.05) is 12.8 Å². The van der Waals surface area contributed by atoms with Gasteiger partial charge in [-0.25, -0.2) is 0 Å². The Balaban J connectivity index is 3.86. The Morgan fingerprint density at radius 2 is 1.11 bits per heavy atom. The zero-order chi connectivity index (χ0) is 32.4. The number of carbonyl (C=O) groups excluding carboxylic acids is 2. The predicted octanol–water partition coefficient (Wildman–Crippen LogP) is 10.1. The van der Waals surface area contributed by atoms with Gasteiger partial charge in [-0.1, -0.05) is 113 Å². The van der Waals surface area contributed by atoms with E-state index < -0.39 is 5.97 Å². The van der Waals surface area contributed by atoms with Crippen LogP contribution in [0.15, 0.2) is 60.8 Å². The molecule has 0 bridgehead atoms. The van der Waals surface area contributed by atoms with Gasteiger partial charge in [0.05, 0.1) is 0 Å². The SMILES string of the molecule is CC/C=C\C/C=C\C/C=C\C/C=C\C/C=C\CCCCCCCC(=O)OC(CCCCC)CCCCCC(=O)NCC(=O)O. The second-order valence-electron chi connectivity index (χ2n) is 11.4. The third kappa shape index (κ3) is 32.0. The topological polar surface area (TPSA) is 92.7 Å². The van der Waals surface area contributed by atoms with Crippen molar-refractivity contribution in [3.63, 3.8) is 0 Å². The van der Waals surface area contributed by atoms with E-state index in [-0.39, 0.29) is 24.5 Å². The molecule has 0 aromatic heterocycles. The van der Waals surface area contributed by atoms with Crippen molar-refractivity contribution < 1.29 is 24.2 Å². The van der Waals surface area contributed by atoms with Crippen LogP contribution in [0.25, 0.3) is 0 Å². The van der Waals surface area contributed by atoms with E-state index >= 15 is 0 Å². The number of carbonyl (C=O) groups is 3. The third-order valence-electron chi connectivity index (χ3n) is 7.20. The van der Waals surface area contributed by atoms with Crippen LogP contribution in [0, 0.1) is 0 Å². The van der Waals surface area contributed by atoms with Crippen LogP contribution in [-0.2, 0) is 19.1 Å². The summed E-state index contributed by atoms with van der Waals surface area (Å²) in [6.45, 7) is 3.99. The molecule has 0 fully saturated rings. The zero-order valence-corrected chi connectivity index (χ0v) is 28.0. The van der Waals surface area contributed by atoms with Crippen molar-refractivity contribution in [3.8, 4) is 0 Å². The normalized spacial score (nSPS) is 12.8. The molecule has 0 radical (unpaired) electrons. The molecule has 0 aliphatic carbocycles. The quantitative estimate of drug-likeness (QED) is 0.0478. The van der Waals surface area contributed by atoms with E-state index in [0.29, 0.717) is 19.3 Å². The van der Waals surface area contributed by atoms with E-state index in [4.69, 9.17) is 9.84 Å². The lowest BCUT2D eigenvalue weighted by molar-refractivity contribution is -0.150. The van der Waals surface area contributed by atoms with Crippen LogP contribution in [0.4, 0.5) is 0 Å². The van der Waals surface area contributed by atoms with Gasteiger partial charge in [0.1, 0.15) is 12.6 Å². The van der Waals surface area contributed by atoms with Gasteiger partial charge >= 0.3 is 11.9 Å². The number of allylic oxidation sites excluding steroid dienone is 10. The molecule has 1 unspecified atom stereocenters. The van der Waals surface area contributed by atoms with Gasteiger partial charge in [-0.2, -0.15) is 0 Å². The van der Waals surface area contributed by atoms with Crippen molar-refractivity contribution in [2.75, 3.05) is 6.54 Å². The number of aliphatic carboxylic acids is 1. The summed E-state index contributed by atoms with van der Waals surface area (Å²) in [7, 11) is 0. The molecule has 0 aromatic rings. The standard InChI is InChI=1S/C38H63NO5/c1-3-5-7-8-9-10-11-12-13-14-15-16-17-18-19-20-21-22-23-24-29-33-38(43)44-35(30-26-6-4-2)31-27-25-28-32-36(40)39-34-37(41)42/h5,7,9-10,12-13,15-16,18-19,35H,3-4,6,8,11,14,17,20-34H2,1-2H3,(H,39,40)(H,41,42)/b7-5-,10-9-,13-12-,16-15-,19-18-. The maximum atomic E-state index is 12.4. The molecule has 0 aliphatic heterocycles. The molecular formula is C38H63NO5. The van der Waals surface area contributed by atoms with Crippen LogP contribution in [0.2, 0.25) is 0 Å². The van der Waals surface area contributed by atoms with Gasteiger partial charge in [0.2, 0.25) is 5.91 Å². The number of carboxylic acid groups (broad SMARTS) is 1. The minimum absolute atomic E-state index is 0.0432. The van der Waals surface area contributed by atoms with Gasteiger partial charge in [0.25, 0.3) is 0 Å². The number of ether oxygens (including phenoxy) is 1. The van der Waals surface area contributed by atoms with E-state index in [0.717, 1.165) is 103 Å². The van der Waals surface area contributed by atoms with Crippen LogP contribution in [0.3, 0.4) is 0 Å². The molecule has 1 amide bonds. The molecule has 2 N–H and O–H groups in total. The number of amides is 1. The van der Waals surface area contributed by atoms with E-state index in [2.05, 4.69) is 79.9 Å². The summed E-state index contributed by atoms with van der Waals surface area (Å²) >= 11 is 0. The van der Waals surface area contributed by atoms with Crippen molar-refractivity contribution in [2.24, 2.45) is 0 Å². The van der Waals surface area contributed by atoms with Crippen LogP contribution in [-0.4, -0.2) is 35.6 Å². The van der Waals surface area contributed by atoms with Gasteiger partial charge in [0.15, 0.2) is 0 Å². The van der Waals surface area contributed by atoms with Gasteiger partial charge in [-0.15, -0.1) is 0 Å². The highest BCUT2D eigenvalue weighted by molar-refractivity contribution is 5.80. The molecule has 0 aliphatic rings. The van der Waals surface area contributed by atoms with Crippen LogP contribution < -0.4 is 5.32 Å². The molecule has 0 saturated heterocycles. The van der Waals surface area contributed by atoms with E-state index in [9.17, 15) is 14.4 Å². The van der Waals surface area contributed by atoms with Gasteiger partial charge < -0.3 is 15.2 Å². The Kier molecular flexibility index (Phi) is 30.8. The largest absolute Gasteiger partial charge is 0.480 e. The van der Waals surface area contributed by atoms with E-state index in [1.165, 1.54) is 12.8 Å². The van der Waals surface area contributed by atoms with Crippen LogP contribution in [0.1, 0.15) is 149 Å². The molecular weight excluding hydrogens is 550 g/mol. The first-order chi connectivity index (χ1) is 21.5. The highest BCUT2D eigenvalue weighted by Crippen LogP contribution is 2.17. The zero-order valence-electron chi connectivity index (χ0n) is 28.0. The fourth-order valence-electron chi connectivity index (χ4n) is 4.66. The smallest absolute Gasteiger partial charge is 0.322 e. The fraction of sp³-hybridized carbons (Fsp3) is 0.658. The minimum Gasteiger partial charge on any atom is -0.480 e. The lowest BCUT2D eigenvalue weighted by atomic mass is 10.0. The molecule has 6 heteroatoms. The van der Waals surface area contributed by atoms with E-state index in [1.807, 2.05) is 0 Å². The summed E-state index contributed by atoms with van der Waals surface area (Å²) < 4.78 is 5.83. The summed E-state index contributed by atoms with van der Waals surface area (Å²) in [4.78, 5) is 34.6. The lowest BCUT2D eigenvalue weighted by Gasteiger charge is -2.18.